The Morgan fingerprint density at radius 3 is 2.56 bits per heavy atom. The Labute approximate surface area is 237 Å². The summed E-state index contributed by atoms with van der Waals surface area (Å²) in [7, 11) is 4.95. The minimum Gasteiger partial charge on any atom is -0.465 e. The Bertz CT molecular complexity index is 1530. The van der Waals surface area contributed by atoms with Crippen LogP contribution in [0, 0.1) is 11.2 Å². The molecule has 41 heavy (non-hydrogen) atoms. The first-order valence-corrected chi connectivity index (χ1v) is 13.2. The van der Waals surface area contributed by atoms with Crippen LogP contribution in [0.1, 0.15) is 45.0 Å². The van der Waals surface area contributed by atoms with Gasteiger partial charge in [-0.3, -0.25) is 14.4 Å². The molecule has 1 aromatic carbocycles. The summed E-state index contributed by atoms with van der Waals surface area (Å²) in [6.45, 7) is 6.25. The average Bonchev–Trinajstić information content (AvgIpc) is 3.17. The fourth-order valence-electron chi connectivity index (χ4n) is 4.36. The third kappa shape index (κ3) is 8.26. The van der Waals surface area contributed by atoms with Crippen LogP contribution in [0.3, 0.4) is 0 Å². The van der Waals surface area contributed by atoms with E-state index >= 15 is 0 Å². The summed E-state index contributed by atoms with van der Waals surface area (Å²) in [6.07, 6.45) is 3.99. The molecule has 1 atom stereocenters. The van der Waals surface area contributed by atoms with E-state index in [0.29, 0.717) is 23.3 Å². The number of pyridine rings is 1. The summed E-state index contributed by atoms with van der Waals surface area (Å²) in [5, 5.41) is 13.9. The molecule has 2 heterocycles. The zero-order chi connectivity index (χ0) is 30.5. The van der Waals surface area contributed by atoms with E-state index < -0.39 is 23.6 Å². The quantitative estimate of drug-likeness (QED) is 0.320. The van der Waals surface area contributed by atoms with E-state index in [-0.39, 0.29) is 42.2 Å². The Balaban J connectivity index is 1.83. The molecule has 3 rings (SSSR count). The van der Waals surface area contributed by atoms with Gasteiger partial charge in [0.1, 0.15) is 23.4 Å². The first-order valence-electron chi connectivity index (χ1n) is 13.2. The summed E-state index contributed by atoms with van der Waals surface area (Å²) in [5.74, 6) is -0.786. The van der Waals surface area contributed by atoms with E-state index in [0.717, 1.165) is 5.56 Å². The minimum atomic E-state index is -1.40. The Morgan fingerprint density at radius 2 is 1.93 bits per heavy atom. The second kappa shape index (κ2) is 12.8. The van der Waals surface area contributed by atoms with Crippen LogP contribution in [-0.2, 0) is 29.6 Å². The van der Waals surface area contributed by atoms with Crippen LogP contribution < -0.4 is 16.2 Å². The highest BCUT2D eigenvalue weighted by molar-refractivity contribution is 5.96. The van der Waals surface area contributed by atoms with Crippen molar-refractivity contribution in [1.29, 1.82) is 0 Å². The molecule has 3 amide bonds. The van der Waals surface area contributed by atoms with E-state index in [4.69, 9.17) is 4.98 Å². The Morgan fingerprint density at radius 1 is 1.22 bits per heavy atom. The van der Waals surface area contributed by atoms with Gasteiger partial charge in [0.2, 0.25) is 11.8 Å². The molecule has 0 saturated heterocycles. The molecule has 3 aromatic rings. The molecule has 12 heteroatoms. The van der Waals surface area contributed by atoms with Crippen LogP contribution in [-0.4, -0.2) is 62.2 Å². The van der Waals surface area contributed by atoms with Crippen LogP contribution in [0.4, 0.5) is 14.9 Å². The molecule has 0 saturated carbocycles. The number of carbonyl (C=O) groups is 3. The first-order chi connectivity index (χ1) is 19.2. The van der Waals surface area contributed by atoms with Crippen molar-refractivity contribution in [3.63, 3.8) is 0 Å². The van der Waals surface area contributed by atoms with Gasteiger partial charge in [-0.25, -0.2) is 14.2 Å². The fraction of sp³-hybridized carbons (Fsp3) is 0.414. The van der Waals surface area contributed by atoms with Crippen molar-refractivity contribution < 1.29 is 23.9 Å². The van der Waals surface area contributed by atoms with Crippen molar-refractivity contribution >= 4 is 34.6 Å². The van der Waals surface area contributed by atoms with Crippen molar-refractivity contribution in [2.75, 3.05) is 19.4 Å². The molecule has 0 bridgehead atoms. The molecule has 0 aliphatic rings. The number of carboxylic acid groups (broad SMARTS) is 1. The number of likely N-dealkylation sites (N-methyl/N-ethyl adjacent to an activating group) is 1. The van der Waals surface area contributed by atoms with Crippen LogP contribution in [0.15, 0.2) is 47.4 Å². The molecule has 11 nitrogen and oxygen atoms in total. The number of rotatable bonds is 10. The number of nitrogens with zero attached hydrogens (tertiary/aromatic N) is 4. The van der Waals surface area contributed by atoms with E-state index in [2.05, 4.69) is 31.4 Å². The van der Waals surface area contributed by atoms with Crippen LogP contribution in [0.2, 0.25) is 0 Å². The number of aromatic nitrogens is 3. The minimum absolute atomic E-state index is 0.0359. The van der Waals surface area contributed by atoms with Gasteiger partial charge in [-0.1, -0.05) is 26.8 Å². The van der Waals surface area contributed by atoms with E-state index in [1.54, 1.807) is 44.0 Å². The number of imidazole rings is 1. The molecule has 2 aromatic heterocycles. The summed E-state index contributed by atoms with van der Waals surface area (Å²) in [4.78, 5) is 55.3. The third-order valence-corrected chi connectivity index (χ3v) is 6.37. The number of anilines is 1. The number of halogens is 1. The number of carbonyl (C=O) groups excluding carboxylic acids is 2. The Kier molecular flexibility index (Phi) is 9.69. The smallest absolute Gasteiger partial charge is 0.405 e. The van der Waals surface area contributed by atoms with Crippen LogP contribution in [0.25, 0.3) is 11.0 Å². The monoisotopic (exact) mass is 568 g/mol. The number of aryl methyl sites for hydroxylation is 1. The van der Waals surface area contributed by atoms with Gasteiger partial charge >= 0.3 is 6.09 Å². The highest BCUT2D eigenvalue weighted by atomic mass is 19.1. The number of nitrogens with one attached hydrogen (secondary N) is 2. The zero-order valence-electron chi connectivity index (χ0n) is 24.2. The van der Waals surface area contributed by atoms with Gasteiger partial charge in [-0.2, -0.15) is 0 Å². The van der Waals surface area contributed by atoms with E-state index in [9.17, 15) is 28.7 Å². The van der Waals surface area contributed by atoms with Gasteiger partial charge in [0.15, 0.2) is 0 Å². The number of hydrogen-bond donors (Lipinski definition) is 3. The molecule has 0 aliphatic carbocycles. The summed E-state index contributed by atoms with van der Waals surface area (Å²) >= 11 is 0. The maximum absolute atomic E-state index is 14.4. The van der Waals surface area contributed by atoms with Gasteiger partial charge in [0.25, 0.3) is 5.56 Å². The second-order valence-electron chi connectivity index (χ2n) is 11.3. The molecular weight excluding hydrogens is 531 g/mol. The van der Waals surface area contributed by atoms with Gasteiger partial charge in [0, 0.05) is 27.3 Å². The summed E-state index contributed by atoms with van der Waals surface area (Å²) in [5.41, 5.74) is 1.42. The van der Waals surface area contributed by atoms with Gasteiger partial charge in [-0.15, -0.1) is 0 Å². The summed E-state index contributed by atoms with van der Waals surface area (Å²) < 4.78 is 17.5. The van der Waals surface area contributed by atoms with Crippen molar-refractivity contribution in [1.82, 2.24) is 24.3 Å². The molecule has 0 spiro atoms. The number of allylic oxidation sites excluding steroid dienone is 1. The second-order valence-corrected chi connectivity index (χ2v) is 11.3. The Hall–Kier alpha value is -4.48. The standard InChI is InChI=1S/C29H37FN6O5/c1-29(2,3)16-18-14-19(30)15-22-25(18)33-23(35(22)6)17-36-13-9-11-21(27(36)39)31-26(38)20(32-28(40)41)10-7-8-12-24(37)34(4)5/h8-9,11-15,20,32H,7,10,16-17H2,1-6H3,(H,31,38)(H,40,41)/b12-8+. The average molecular weight is 569 g/mol. The molecule has 0 fully saturated rings. The number of hydrogen-bond acceptors (Lipinski definition) is 5. The zero-order valence-corrected chi connectivity index (χ0v) is 24.2. The SMILES string of the molecule is CN(C)C(=O)/C=C/CCC(NC(=O)O)C(=O)Nc1cccn(Cc2nc3c(CC(C)(C)C)cc(F)cc3n2C)c1=O. The van der Waals surface area contributed by atoms with Crippen molar-refractivity contribution in [3.05, 3.63) is 70.2 Å². The molecular formula is C29H37FN6O5. The number of amides is 3. The highest BCUT2D eigenvalue weighted by Gasteiger charge is 2.22. The normalized spacial score (nSPS) is 12.5. The van der Waals surface area contributed by atoms with Crippen molar-refractivity contribution in [2.24, 2.45) is 12.5 Å². The largest absolute Gasteiger partial charge is 0.465 e. The lowest BCUT2D eigenvalue weighted by molar-refractivity contribution is -0.123. The van der Waals surface area contributed by atoms with E-state index in [1.807, 2.05) is 0 Å². The summed E-state index contributed by atoms with van der Waals surface area (Å²) in [6, 6.07) is 4.76. The highest BCUT2D eigenvalue weighted by Crippen LogP contribution is 2.28. The molecule has 220 valence electrons. The topological polar surface area (TPSA) is 139 Å². The predicted octanol–water partition coefficient (Wildman–Crippen LogP) is 3.51. The molecule has 0 aliphatic heterocycles. The van der Waals surface area contributed by atoms with Gasteiger partial charge < -0.3 is 29.8 Å². The van der Waals surface area contributed by atoms with Gasteiger partial charge in [-0.05, 0) is 60.6 Å². The molecule has 1 unspecified atom stereocenters. The lowest BCUT2D eigenvalue weighted by Crippen LogP contribution is -2.44. The fourth-order valence-corrected chi connectivity index (χ4v) is 4.36. The van der Waals surface area contributed by atoms with E-state index in [1.165, 1.54) is 33.7 Å². The van der Waals surface area contributed by atoms with Crippen LogP contribution >= 0.6 is 0 Å². The van der Waals surface area contributed by atoms with Crippen LogP contribution in [0.5, 0.6) is 0 Å². The molecule has 3 N–H and O–H groups in total. The maximum Gasteiger partial charge on any atom is 0.405 e. The van der Waals surface area contributed by atoms with Crippen molar-refractivity contribution in [2.45, 2.75) is 52.6 Å². The number of benzene rings is 1. The maximum atomic E-state index is 14.4. The van der Waals surface area contributed by atoms with Crippen molar-refractivity contribution in [3.8, 4) is 0 Å². The third-order valence-electron chi connectivity index (χ3n) is 6.37. The lowest BCUT2D eigenvalue weighted by Gasteiger charge is -2.18. The first kappa shape index (κ1) is 31.1. The number of fused-ring (bicyclic) bond motifs is 1. The lowest BCUT2D eigenvalue weighted by atomic mass is 9.87. The van der Waals surface area contributed by atoms with Gasteiger partial charge in [0.05, 0.1) is 17.6 Å². The predicted molar refractivity (Wildman–Crippen MR) is 154 cm³/mol. The molecule has 0 radical (unpaired) electrons.